The molecule has 26 heavy (non-hydrogen) atoms. The molecule has 0 saturated carbocycles. The molecule has 1 heterocycles. The predicted octanol–water partition coefficient (Wildman–Crippen LogP) is 4.00. The zero-order valence-electron chi connectivity index (χ0n) is 14.5. The van der Waals surface area contributed by atoms with Gasteiger partial charge in [-0.2, -0.15) is 0 Å². The van der Waals surface area contributed by atoms with Gasteiger partial charge < -0.3 is 4.74 Å². The molecule has 0 unspecified atom stereocenters. The maximum atomic E-state index is 12.0. The van der Waals surface area contributed by atoms with Gasteiger partial charge in [0.1, 0.15) is 10.8 Å². The van der Waals surface area contributed by atoms with Crippen molar-refractivity contribution in [3.05, 3.63) is 71.2 Å². The molecule has 0 atom stereocenters. The average Bonchev–Trinajstić information content (AvgIpc) is 3.12. The fourth-order valence-electron chi connectivity index (χ4n) is 2.36. The lowest BCUT2D eigenvalue weighted by molar-refractivity contribution is -0.133. The quantitative estimate of drug-likeness (QED) is 0.611. The fourth-order valence-corrected chi connectivity index (χ4v) is 3.18. The molecule has 0 fully saturated rings. The summed E-state index contributed by atoms with van der Waals surface area (Å²) in [5.74, 6) is 0.618. The SMILES string of the molecule is CCOc1ccc(-c2nc(CC(=O)NOCc3ccccc3)cs2)cc1. The number of nitrogens with zero attached hydrogens (tertiary/aromatic N) is 1. The van der Waals surface area contributed by atoms with Gasteiger partial charge in [0.25, 0.3) is 0 Å². The summed E-state index contributed by atoms with van der Waals surface area (Å²) in [6.45, 7) is 2.93. The molecule has 0 radical (unpaired) electrons. The van der Waals surface area contributed by atoms with Crippen LogP contribution in [0.15, 0.2) is 60.0 Å². The summed E-state index contributed by atoms with van der Waals surface area (Å²) in [6, 6.07) is 17.5. The minimum Gasteiger partial charge on any atom is -0.494 e. The first-order valence-electron chi connectivity index (χ1n) is 8.37. The van der Waals surface area contributed by atoms with Gasteiger partial charge in [-0.15, -0.1) is 11.3 Å². The molecule has 0 aliphatic rings. The number of hydroxylamine groups is 1. The summed E-state index contributed by atoms with van der Waals surface area (Å²) < 4.78 is 5.44. The molecule has 0 bridgehead atoms. The Morgan fingerprint density at radius 1 is 1.12 bits per heavy atom. The summed E-state index contributed by atoms with van der Waals surface area (Å²) in [5.41, 5.74) is 5.19. The highest BCUT2D eigenvalue weighted by Gasteiger charge is 2.09. The molecule has 1 aromatic heterocycles. The van der Waals surface area contributed by atoms with Gasteiger partial charge in [-0.25, -0.2) is 10.5 Å². The molecule has 0 aliphatic heterocycles. The Hall–Kier alpha value is -2.70. The van der Waals surface area contributed by atoms with E-state index in [2.05, 4.69) is 10.5 Å². The first-order valence-corrected chi connectivity index (χ1v) is 9.24. The summed E-state index contributed by atoms with van der Waals surface area (Å²) in [4.78, 5) is 21.7. The Morgan fingerprint density at radius 3 is 2.62 bits per heavy atom. The van der Waals surface area contributed by atoms with Crippen molar-refractivity contribution >= 4 is 17.2 Å². The standard InChI is InChI=1S/C20H20N2O3S/c1-2-24-18-10-8-16(9-11-18)20-21-17(14-26-20)12-19(23)22-25-13-15-6-4-3-5-7-15/h3-11,14H,2,12-13H2,1H3,(H,22,23). The van der Waals surface area contributed by atoms with E-state index in [1.54, 1.807) is 0 Å². The van der Waals surface area contributed by atoms with Crippen molar-refractivity contribution in [2.45, 2.75) is 20.0 Å². The van der Waals surface area contributed by atoms with Gasteiger partial charge in [-0.3, -0.25) is 9.63 Å². The number of amides is 1. The highest BCUT2D eigenvalue weighted by atomic mass is 32.1. The first-order chi connectivity index (χ1) is 12.7. The molecule has 2 aromatic carbocycles. The minimum atomic E-state index is -0.218. The van der Waals surface area contributed by atoms with Crippen LogP contribution >= 0.6 is 11.3 Å². The summed E-state index contributed by atoms with van der Waals surface area (Å²) >= 11 is 1.51. The van der Waals surface area contributed by atoms with E-state index < -0.39 is 0 Å². The number of nitrogens with one attached hydrogen (secondary N) is 1. The maximum absolute atomic E-state index is 12.0. The number of ether oxygens (including phenoxy) is 1. The third-order valence-corrected chi connectivity index (χ3v) is 4.51. The molecule has 3 rings (SSSR count). The second-order valence-corrected chi connectivity index (χ2v) is 6.44. The first kappa shape index (κ1) is 18.1. The van der Waals surface area contributed by atoms with Gasteiger partial charge in [-0.1, -0.05) is 30.3 Å². The predicted molar refractivity (Wildman–Crippen MR) is 102 cm³/mol. The second-order valence-electron chi connectivity index (χ2n) is 5.58. The lowest BCUT2D eigenvalue weighted by Gasteiger charge is -2.05. The van der Waals surface area contributed by atoms with Crippen molar-refractivity contribution in [3.63, 3.8) is 0 Å². The van der Waals surface area contributed by atoms with Crippen LogP contribution in [0, 0.1) is 0 Å². The molecule has 0 aliphatic carbocycles. The third-order valence-electron chi connectivity index (χ3n) is 3.57. The van der Waals surface area contributed by atoms with Crippen LogP contribution in [0.5, 0.6) is 5.75 Å². The van der Waals surface area contributed by atoms with E-state index in [0.29, 0.717) is 13.2 Å². The van der Waals surface area contributed by atoms with E-state index in [1.165, 1.54) is 11.3 Å². The molecule has 134 valence electrons. The number of hydrogen-bond donors (Lipinski definition) is 1. The van der Waals surface area contributed by atoms with Crippen LogP contribution < -0.4 is 10.2 Å². The van der Waals surface area contributed by atoms with E-state index >= 15 is 0 Å². The Balaban J connectivity index is 1.50. The zero-order chi connectivity index (χ0) is 18.2. The largest absolute Gasteiger partial charge is 0.494 e. The minimum absolute atomic E-state index is 0.183. The lowest BCUT2D eigenvalue weighted by atomic mass is 10.2. The van der Waals surface area contributed by atoms with Gasteiger partial charge >= 0.3 is 0 Å². The lowest BCUT2D eigenvalue weighted by Crippen LogP contribution is -2.25. The van der Waals surface area contributed by atoms with E-state index in [9.17, 15) is 4.79 Å². The van der Waals surface area contributed by atoms with Crippen LogP contribution in [-0.2, 0) is 22.7 Å². The molecule has 0 spiro atoms. The highest BCUT2D eigenvalue weighted by molar-refractivity contribution is 7.13. The normalized spacial score (nSPS) is 10.5. The van der Waals surface area contributed by atoms with Gasteiger partial charge in [-0.05, 0) is 36.8 Å². The van der Waals surface area contributed by atoms with E-state index in [-0.39, 0.29) is 12.3 Å². The Bertz CT molecular complexity index is 832. The van der Waals surface area contributed by atoms with Crippen LogP contribution in [-0.4, -0.2) is 17.5 Å². The van der Waals surface area contributed by atoms with Crippen LogP contribution in [0.3, 0.4) is 0 Å². The molecule has 6 heteroatoms. The summed E-state index contributed by atoms with van der Waals surface area (Å²) in [7, 11) is 0. The van der Waals surface area contributed by atoms with Gasteiger partial charge in [0, 0.05) is 10.9 Å². The van der Waals surface area contributed by atoms with Crippen LogP contribution in [0.2, 0.25) is 0 Å². The Labute approximate surface area is 156 Å². The fraction of sp³-hybridized carbons (Fsp3) is 0.200. The second kappa shape index (κ2) is 9.12. The van der Waals surface area contributed by atoms with E-state index in [0.717, 1.165) is 27.6 Å². The summed E-state index contributed by atoms with van der Waals surface area (Å²) in [5, 5.41) is 2.77. The molecule has 0 saturated heterocycles. The number of benzene rings is 2. The average molecular weight is 368 g/mol. The molecular formula is C20H20N2O3S. The van der Waals surface area contributed by atoms with Crippen molar-refractivity contribution in [1.29, 1.82) is 0 Å². The maximum Gasteiger partial charge on any atom is 0.249 e. The number of thiazole rings is 1. The topological polar surface area (TPSA) is 60.5 Å². The molecule has 5 nitrogen and oxygen atoms in total. The Kier molecular flexibility index (Phi) is 6.35. The number of rotatable bonds is 8. The van der Waals surface area contributed by atoms with E-state index in [1.807, 2.05) is 66.9 Å². The van der Waals surface area contributed by atoms with Crippen molar-refractivity contribution in [1.82, 2.24) is 10.5 Å². The number of carbonyl (C=O) groups is 1. The van der Waals surface area contributed by atoms with Gasteiger partial charge in [0.15, 0.2) is 0 Å². The summed E-state index contributed by atoms with van der Waals surface area (Å²) in [6.07, 6.45) is 0.183. The van der Waals surface area contributed by atoms with Crippen molar-refractivity contribution in [2.24, 2.45) is 0 Å². The number of carbonyl (C=O) groups excluding carboxylic acids is 1. The third kappa shape index (κ3) is 5.15. The molecule has 1 amide bonds. The van der Waals surface area contributed by atoms with Crippen LogP contribution in [0.25, 0.3) is 10.6 Å². The highest BCUT2D eigenvalue weighted by Crippen LogP contribution is 2.26. The monoisotopic (exact) mass is 368 g/mol. The Morgan fingerprint density at radius 2 is 1.88 bits per heavy atom. The van der Waals surface area contributed by atoms with E-state index in [4.69, 9.17) is 9.57 Å². The smallest absolute Gasteiger partial charge is 0.249 e. The zero-order valence-corrected chi connectivity index (χ0v) is 15.3. The molecular weight excluding hydrogens is 348 g/mol. The van der Waals surface area contributed by atoms with Crippen molar-refractivity contribution in [2.75, 3.05) is 6.61 Å². The van der Waals surface area contributed by atoms with Crippen LogP contribution in [0.4, 0.5) is 0 Å². The van der Waals surface area contributed by atoms with Crippen molar-refractivity contribution in [3.8, 4) is 16.3 Å². The number of hydrogen-bond acceptors (Lipinski definition) is 5. The van der Waals surface area contributed by atoms with Crippen LogP contribution in [0.1, 0.15) is 18.2 Å². The number of aromatic nitrogens is 1. The van der Waals surface area contributed by atoms with Gasteiger partial charge in [0.2, 0.25) is 5.91 Å². The van der Waals surface area contributed by atoms with Gasteiger partial charge in [0.05, 0.1) is 25.3 Å². The molecule has 1 N–H and O–H groups in total. The molecule has 3 aromatic rings. The van der Waals surface area contributed by atoms with Crippen molar-refractivity contribution < 1.29 is 14.4 Å².